The third-order valence-electron chi connectivity index (χ3n) is 0.786. The maximum Gasteiger partial charge on any atom is 0.542 e. The molecule has 0 rings (SSSR count). The van der Waals surface area contributed by atoms with E-state index in [1.54, 1.807) is 0 Å². The summed E-state index contributed by atoms with van der Waals surface area (Å²) in [5.41, 5.74) is 0. The monoisotopic (exact) mass is 133 g/mol. The molecule has 0 spiro atoms. The fourth-order valence-corrected chi connectivity index (χ4v) is 0.324. The van der Waals surface area contributed by atoms with E-state index in [4.69, 9.17) is 0 Å². The molecule has 0 amide bonds. The van der Waals surface area contributed by atoms with Crippen LogP contribution >= 0.6 is 0 Å². The van der Waals surface area contributed by atoms with Crippen LogP contribution in [0.5, 0.6) is 0 Å². The Morgan fingerprint density at radius 1 is 1.56 bits per heavy atom. The molecule has 0 bridgehead atoms. The molecule has 9 heavy (non-hydrogen) atoms. The van der Waals surface area contributed by atoms with Gasteiger partial charge in [0.25, 0.3) is 0 Å². The van der Waals surface area contributed by atoms with Crippen molar-refractivity contribution in [3.05, 3.63) is 0 Å². The molecule has 1 radical (unpaired) electrons. The molecule has 0 saturated carbocycles. The van der Waals surface area contributed by atoms with Gasteiger partial charge in [0, 0.05) is 5.26 Å². The lowest BCUT2D eigenvalue weighted by molar-refractivity contribution is -0.260. The first-order chi connectivity index (χ1) is 4.31. The van der Waals surface area contributed by atoms with E-state index in [9.17, 15) is 10.1 Å². The summed E-state index contributed by atoms with van der Waals surface area (Å²) in [6, 6.07) is 0. The Labute approximate surface area is 53.3 Å². The van der Waals surface area contributed by atoms with Gasteiger partial charge in [0.05, 0.1) is 6.61 Å². The number of rotatable bonds is 3. The topological polar surface area (TPSA) is 55.4 Å². The van der Waals surface area contributed by atoms with Crippen LogP contribution in [0.1, 0.15) is 19.8 Å². The Balaban J connectivity index is 2.97. The fourth-order valence-electron chi connectivity index (χ4n) is 0.324. The summed E-state index contributed by atoms with van der Waals surface area (Å²) in [7, 11) is 0. The van der Waals surface area contributed by atoms with E-state index in [0.717, 1.165) is 12.8 Å². The van der Waals surface area contributed by atoms with Crippen LogP contribution in [0.4, 0.5) is 4.79 Å². The van der Waals surface area contributed by atoms with Crippen molar-refractivity contribution in [3.8, 4) is 0 Å². The van der Waals surface area contributed by atoms with Gasteiger partial charge in [-0.2, -0.15) is 0 Å². The Bertz CT molecular complexity index is 81.0. The largest absolute Gasteiger partial charge is 0.542 e. The molecule has 0 N–H and O–H groups in total. The standard InChI is InChI=1S/C5H9O4/c1-2-3-4-8-5(6)9-7/h2-4H2,1H3. The van der Waals surface area contributed by atoms with Gasteiger partial charge in [0.2, 0.25) is 0 Å². The quantitative estimate of drug-likeness (QED) is 0.252. The molecule has 0 fully saturated rings. The molecule has 0 aromatic rings. The van der Waals surface area contributed by atoms with Gasteiger partial charge in [-0.25, -0.2) is 9.68 Å². The van der Waals surface area contributed by atoms with Crippen molar-refractivity contribution in [2.75, 3.05) is 6.61 Å². The van der Waals surface area contributed by atoms with Gasteiger partial charge >= 0.3 is 6.16 Å². The Morgan fingerprint density at radius 2 is 2.22 bits per heavy atom. The minimum atomic E-state index is -1.15. The number of carbonyl (C=O) groups is 1. The van der Waals surface area contributed by atoms with Gasteiger partial charge in [0.1, 0.15) is 0 Å². The predicted molar refractivity (Wildman–Crippen MR) is 28.0 cm³/mol. The van der Waals surface area contributed by atoms with Crippen LogP contribution in [0.15, 0.2) is 0 Å². The van der Waals surface area contributed by atoms with Gasteiger partial charge in [-0.3, -0.25) is 0 Å². The van der Waals surface area contributed by atoms with Crippen LogP contribution in [0.3, 0.4) is 0 Å². The Morgan fingerprint density at radius 3 is 2.67 bits per heavy atom. The average Bonchev–Trinajstić information content (AvgIpc) is 1.89. The van der Waals surface area contributed by atoms with Gasteiger partial charge in [0.15, 0.2) is 0 Å². The van der Waals surface area contributed by atoms with Crippen molar-refractivity contribution in [3.63, 3.8) is 0 Å². The first-order valence-corrected chi connectivity index (χ1v) is 2.77. The highest BCUT2D eigenvalue weighted by Gasteiger charge is 2.00. The number of unbranched alkanes of at least 4 members (excludes halogenated alkanes) is 1. The van der Waals surface area contributed by atoms with Crippen LogP contribution in [0.25, 0.3) is 0 Å². The molecule has 4 heteroatoms. The van der Waals surface area contributed by atoms with E-state index in [-0.39, 0.29) is 6.61 Å². The second-order valence-corrected chi connectivity index (χ2v) is 1.54. The first-order valence-electron chi connectivity index (χ1n) is 2.77. The zero-order valence-corrected chi connectivity index (χ0v) is 5.25. The zero-order chi connectivity index (χ0) is 7.11. The summed E-state index contributed by atoms with van der Waals surface area (Å²) in [6.45, 7) is 2.21. The van der Waals surface area contributed by atoms with Crippen molar-refractivity contribution in [1.29, 1.82) is 0 Å². The van der Waals surface area contributed by atoms with Crippen LogP contribution in [0, 0.1) is 0 Å². The van der Waals surface area contributed by atoms with E-state index in [2.05, 4.69) is 9.62 Å². The molecular weight excluding hydrogens is 124 g/mol. The summed E-state index contributed by atoms with van der Waals surface area (Å²) in [4.78, 5) is 12.9. The number of ether oxygens (including phenoxy) is 1. The van der Waals surface area contributed by atoms with Crippen molar-refractivity contribution < 1.29 is 19.7 Å². The lowest BCUT2D eigenvalue weighted by Gasteiger charge is -1.96. The summed E-state index contributed by atoms with van der Waals surface area (Å²) in [5.74, 6) is 0. The summed E-state index contributed by atoms with van der Waals surface area (Å²) < 4.78 is 4.26. The van der Waals surface area contributed by atoms with Crippen molar-refractivity contribution >= 4 is 6.16 Å². The molecule has 0 aliphatic carbocycles. The van der Waals surface area contributed by atoms with E-state index >= 15 is 0 Å². The third-order valence-corrected chi connectivity index (χ3v) is 0.786. The van der Waals surface area contributed by atoms with Gasteiger partial charge in [-0.1, -0.05) is 13.3 Å². The summed E-state index contributed by atoms with van der Waals surface area (Å²) in [6.07, 6.45) is 0.532. The van der Waals surface area contributed by atoms with Gasteiger partial charge in [-0.15, -0.1) is 0 Å². The van der Waals surface area contributed by atoms with Crippen molar-refractivity contribution in [2.45, 2.75) is 19.8 Å². The smallest absolute Gasteiger partial charge is 0.432 e. The normalized spacial score (nSPS) is 8.67. The highest BCUT2D eigenvalue weighted by atomic mass is 17.1. The summed E-state index contributed by atoms with van der Waals surface area (Å²) >= 11 is 0. The molecule has 0 aromatic heterocycles. The SMILES string of the molecule is CCCCOC(=O)O[O]. The van der Waals surface area contributed by atoms with Crippen molar-refractivity contribution in [2.24, 2.45) is 0 Å². The average molecular weight is 133 g/mol. The summed E-state index contributed by atoms with van der Waals surface area (Å²) in [5, 5.41) is 9.25. The predicted octanol–water partition coefficient (Wildman–Crippen LogP) is 1.29. The molecule has 0 aliphatic heterocycles. The lowest BCUT2D eigenvalue weighted by Crippen LogP contribution is -2.04. The number of hydrogen-bond donors (Lipinski definition) is 0. The molecule has 0 aliphatic rings. The zero-order valence-electron chi connectivity index (χ0n) is 5.25. The lowest BCUT2D eigenvalue weighted by atomic mass is 10.4. The van der Waals surface area contributed by atoms with Crippen molar-refractivity contribution in [1.82, 2.24) is 0 Å². The van der Waals surface area contributed by atoms with E-state index in [0.29, 0.717) is 0 Å². The molecule has 0 aromatic carbocycles. The molecule has 4 nitrogen and oxygen atoms in total. The number of hydrogen-bond acceptors (Lipinski definition) is 3. The van der Waals surface area contributed by atoms with Crippen LogP contribution in [0.2, 0.25) is 0 Å². The van der Waals surface area contributed by atoms with Crippen LogP contribution in [-0.4, -0.2) is 12.8 Å². The minimum Gasteiger partial charge on any atom is -0.432 e. The maximum absolute atomic E-state index is 9.93. The fraction of sp³-hybridized carbons (Fsp3) is 0.800. The highest BCUT2D eigenvalue weighted by molar-refractivity contribution is 5.58. The first kappa shape index (κ1) is 8.23. The third kappa shape index (κ3) is 5.10. The molecule has 0 unspecified atom stereocenters. The van der Waals surface area contributed by atoms with E-state index in [1.165, 1.54) is 0 Å². The molecule has 0 saturated heterocycles. The Kier molecular flexibility index (Phi) is 4.91. The minimum absolute atomic E-state index is 0.261. The molecule has 0 heterocycles. The van der Waals surface area contributed by atoms with Gasteiger partial charge < -0.3 is 4.74 Å². The van der Waals surface area contributed by atoms with Crippen LogP contribution < -0.4 is 0 Å². The maximum atomic E-state index is 9.93. The Hall–Kier alpha value is -0.770. The molecular formula is C5H9O4. The molecule has 53 valence electrons. The second kappa shape index (κ2) is 5.37. The molecule has 0 atom stereocenters. The van der Waals surface area contributed by atoms with E-state index < -0.39 is 6.16 Å². The van der Waals surface area contributed by atoms with Gasteiger partial charge in [-0.05, 0) is 6.42 Å². The number of carbonyl (C=O) groups excluding carboxylic acids is 1. The highest BCUT2D eigenvalue weighted by Crippen LogP contribution is 1.89. The second-order valence-electron chi connectivity index (χ2n) is 1.54. The van der Waals surface area contributed by atoms with E-state index in [1.807, 2.05) is 6.92 Å². The van der Waals surface area contributed by atoms with Crippen LogP contribution in [-0.2, 0) is 14.9 Å².